The van der Waals surface area contributed by atoms with Crippen molar-refractivity contribution in [3.8, 4) is 0 Å². The van der Waals surface area contributed by atoms with Crippen LogP contribution < -0.4 is 0 Å². The summed E-state index contributed by atoms with van der Waals surface area (Å²) in [6.07, 6.45) is 35.2. The highest BCUT2D eigenvalue weighted by molar-refractivity contribution is 5.71. The highest BCUT2D eigenvalue weighted by Crippen LogP contribution is 2.16. The summed E-state index contributed by atoms with van der Waals surface area (Å²) in [6.45, 7) is 8.94. The molecule has 290 valence electrons. The van der Waals surface area contributed by atoms with Crippen LogP contribution in [0.5, 0.6) is 0 Å². The first-order valence-corrected chi connectivity index (χ1v) is 21.4. The second-order valence-electron chi connectivity index (χ2n) is 14.9. The normalized spacial score (nSPS) is 12.5. The van der Waals surface area contributed by atoms with E-state index in [0.717, 1.165) is 63.7 Å². The van der Waals surface area contributed by atoms with Crippen molar-refractivity contribution in [2.24, 2.45) is 5.92 Å². The number of carbonyl (C=O) groups excluding carboxylic acids is 3. The average molecular weight is 695 g/mol. The van der Waals surface area contributed by atoms with Crippen molar-refractivity contribution in [2.45, 2.75) is 239 Å². The minimum Gasteiger partial charge on any atom is -0.462 e. The van der Waals surface area contributed by atoms with Gasteiger partial charge in [0.15, 0.2) is 6.10 Å². The van der Waals surface area contributed by atoms with Crippen LogP contribution in [0.15, 0.2) is 0 Å². The summed E-state index contributed by atoms with van der Waals surface area (Å²) >= 11 is 0. The largest absolute Gasteiger partial charge is 0.462 e. The van der Waals surface area contributed by atoms with E-state index in [0.29, 0.717) is 19.3 Å². The number of hydrogen-bond acceptors (Lipinski definition) is 6. The molecule has 0 radical (unpaired) electrons. The molecule has 0 bridgehead atoms. The fourth-order valence-electron chi connectivity index (χ4n) is 6.24. The zero-order valence-electron chi connectivity index (χ0n) is 33.1. The van der Waals surface area contributed by atoms with Crippen LogP contribution in [0.2, 0.25) is 0 Å². The Labute approximate surface area is 304 Å². The van der Waals surface area contributed by atoms with Gasteiger partial charge in [-0.25, -0.2) is 0 Å². The van der Waals surface area contributed by atoms with Gasteiger partial charge in [0.05, 0.1) is 0 Å². The zero-order chi connectivity index (χ0) is 36.0. The molecule has 0 saturated heterocycles. The van der Waals surface area contributed by atoms with Gasteiger partial charge in [0, 0.05) is 19.3 Å². The van der Waals surface area contributed by atoms with Crippen molar-refractivity contribution in [1.29, 1.82) is 0 Å². The monoisotopic (exact) mass is 695 g/mol. The standard InChI is InChI=1S/C43H82O6/c1-5-8-10-12-14-15-16-17-18-23-26-30-34-41(44)47-37-40(49-43(46)36-32-28-21-13-11-9-6-2)38-48-42(45)35-31-27-24-20-19-22-25-29-33-39(4)7-3/h39-40H,5-38H2,1-4H3/t39?,40-/m0/s1. The molecular formula is C43H82O6. The third-order valence-corrected chi connectivity index (χ3v) is 9.90. The highest BCUT2D eigenvalue weighted by atomic mass is 16.6. The number of carbonyl (C=O) groups is 3. The van der Waals surface area contributed by atoms with Gasteiger partial charge >= 0.3 is 17.9 Å². The Bertz CT molecular complexity index is 738. The molecule has 49 heavy (non-hydrogen) atoms. The molecule has 0 aliphatic rings. The van der Waals surface area contributed by atoms with Gasteiger partial charge in [-0.1, -0.05) is 195 Å². The molecule has 0 aromatic carbocycles. The van der Waals surface area contributed by atoms with E-state index >= 15 is 0 Å². The van der Waals surface area contributed by atoms with E-state index in [1.54, 1.807) is 0 Å². The Morgan fingerprint density at radius 1 is 0.408 bits per heavy atom. The Kier molecular flexibility index (Phi) is 36.4. The second kappa shape index (κ2) is 37.7. The van der Waals surface area contributed by atoms with Gasteiger partial charge in [-0.2, -0.15) is 0 Å². The minimum atomic E-state index is -0.757. The molecule has 0 saturated carbocycles. The summed E-state index contributed by atoms with van der Waals surface area (Å²) in [7, 11) is 0. The smallest absolute Gasteiger partial charge is 0.306 e. The van der Waals surface area contributed by atoms with Crippen molar-refractivity contribution >= 4 is 17.9 Å². The summed E-state index contributed by atoms with van der Waals surface area (Å²) in [5.74, 6) is -0.0181. The van der Waals surface area contributed by atoms with E-state index in [2.05, 4.69) is 27.7 Å². The molecule has 0 fully saturated rings. The van der Waals surface area contributed by atoms with E-state index in [-0.39, 0.29) is 31.1 Å². The predicted octanol–water partition coefficient (Wildman–Crippen LogP) is 13.2. The Morgan fingerprint density at radius 2 is 0.714 bits per heavy atom. The Balaban J connectivity index is 4.28. The summed E-state index contributed by atoms with van der Waals surface area (Å²) in [6, 6.07) is 0. The van der Waals surface area contributed by atoms with Crippen LogP contribution in [0, 0.1) is 5.92 Å². The molecule has 2 atom stereocenters. The summed E-state index contributed by atoms with van der Waals surface area (Å²) in [5, 5.41) is 0. The molecule has 0 heterocycles. The number of unbranched alkanes of at least 4 members (excludes halogenated alkanes) is 24. The summed E-state index contributed by atoms with van der Waals surface area (Å²) < 4.78 is 16.6. The lowest BCUT2D eigenvalue weighted by molar-refractivity contribution is -0.167. The van der Waals surface area contributed by atoms with Crippen molar-refractivity contribution in [1.82, 2.24) is 0 Å². The third-order valence-electron chi connectivity index (χ3n) is 9.90. The zero-order valence-corrected chi connectivity index (χ0v) is 33.1. The number of rotatable bonds is 38. The lowest BCUT2D eigenvalue weighted by Gasteiger charge is -2.18. The molecule has 1 unspecified atom stereocenters. The van der Waals surface area contributed by atoms with Crippen LogP contribution in [0.4, 0.5) is 0 Å². The maximum Gasteiger partial charge on any atom is 0.306 e. The Morgan fingerprint density at radius 3 is 1.06 bits per heavy atom. The topological polar surface area (TPSA) is 78.9 Å². The third kappa shape index (κ3) is 36.0. The molecule has 0 aromatic heterocycles. The van der Waals surface area contributed by atoms with Crippen molar-refractivity contribution in [2.75, 3.05) is 13.2 Å². The predicted molar refractivity (Wildman–Crippen MR) is 206 cm³/mol. The first-order chi connectivity index (χ1) is 23.9. The summed E-state index contributed by atoms with van der Waals surface area (Å²) in [5.41, 5.74) is 0. The molecular weight excluding hydrogens is 612 g/mol. The lowest BCUT2D eigenvalue weighted by atomic mass is 9.99. The van der Waals surface area contributed by atoms with Gasteiger partial charge in [0.25, 0.3) is 0 Å². The molecule has 6 nitrogen and oxygen atoms in total. The van der Waals surface area contributed by atoms with Crippen molar-refractivity contribution in [3.05, 3.63) is 0 Å². The SMILES string of the molecule is CCCCCCCCCCCCCCC(=O)OC[C@@H](COC(=O)CCCCCCCCCCC(C)CC)OC(=O)CCCCCCCCC. The van der Waals surface area contributed by atoms with Gasteiger partial charge in [0.1, 0.15) is 13.2 Å². The van der Waals surface area contributed by atoms with Gasteiger partial charge < -0.3 is 14.2 Å². The van der Waals surface area contributed by atoms with Crippen LogP contribution in [0.1, 0.15) is 233 Å². The quantitative estimate of drug-likeness (QED) is 0.0364. The Hall–Kier alpha value is -1.59. The molecule has 0 rings (SSSR count). The van der Waals surface area contributed by atoms with E-state index in [1.165, 1.54) is 128 Å². The van der Waals surface area contributed by atoms with Crippen molar-refractivity contribution in [3.63, 3.8) is 0 Å². The molecule has 0 N–H and O–H groups in total. The molecule has 0 aromatic rings. The van der Waals surface area contributed by atoms with E-state index in [4.69, 9.17) is 14.2 Å². The van der Waals surface area contributed by atoms with Crippen LogP contribution in [0.25, 0.3) is 0 Å². The maximum atomic E-state index is 12.6. The highest BCUT2D eigenvalue weighted by Gasteiger charge is 2.19. The van der Waals surface area contributed by atoms with E-state index in [1.807, 2.05) is 0 Å². The average Bonchev–Trinajstić information content (AvgIpc) is 3.10. The van der Waals surface area contributed by atoms with Crippen LogP contribution in [0.3, 0.4) is 0 Å². The maximum absolute atomic E-state index is 12.6. The molecule has 0 spiro atoms. The van der Waals surface area contributed by atoms with E-state index < -0.39 is 6.10 Å². The van der Waals surface area contributed by atoms with Crippen LogP contribution in [-0.2, 0) is 28.6 Å². The molecule has 6 heteroatoms. The molecule has 0 aliphatic heterocycles. The summed E-state index contributed by atoms with van der Waals surface area (Å²) in [4.78, 5) is 37.5. The fourth-order valence-corrected chi connectivity index (χ4v) is 6.24. The number of hydrogen-bond donors (Lipinski definition) is 0. The molecule has 0 aliphatic carbocycles. The first kappa shape index (κ1) is 47.4. The van der Waals surface area contributed by atoms with Gasteiger partial charge in [-0.3, -0.25) is 14.4 Å². The first-order valence-electron chi connectivity index (χ1n) is 21.4. The molecule has 0 amide bonds. The van der Waals surface area contributed by atoms with Gasteiger partial charge in [-0.15, -0.1) is 0 Å². The fraction of sp³-hybridized carbons (Fsp3) is 0.930. The lowest BCUT2D eigenvalue weighted by Crippen LogP contribution is -2.30. The van der Waals surface area contributed by atoms with Crippen molar-refractivity contribution < 1.29 is 28.6 Å². The van der Waals surface area contributed by atoms with Gasteiger partial charge in [-0.05, 0) is 25.2 Å². The van der Waals surface area contributed by atoms with E-state index in [9.17, 15) is 14.4 Å². The van der Waals surface area contributed by atoms with Crippen LogP contribution >= 0.6 is 0 Å². The minimum absolute atomic E-state index is 0.0650. The van der Waals surface area contributed by atoms with Gasteiger partial charge in [0.2, 0.25) is 0 Å². The number of esters is 3. The van der Waals surface area contributed by atoms with Crippen LogP contribution in [-0.4, -0.2) is 37.2 Å². The second-order valence-corrected chi connectivity index (χ2v) is 14.9. The number of ether oxygens (including phenoxy) is 3.